The Morgan fingerprint density at radius 2 is 2.16 bits per heavy atom. The molecule has 1 amide bonds. The van der Waals surface area contributed by atoms with Crippen LogP contribution in [0.15, 0.2) is 12.3 Å². The Morgan fingerprint density at radius 3 is 2.88 bits per heavy atom. The van der Waals surface area contributed by atoms with Gasteiger partial charge in [0.25, 0.3) is 0 Å². The van der Waals surface area contributed by atoms with E-state index in [4.69, 9.17) is 37.8 Å². The minimum Gasteiger partial charge on any atom is -0.495 e. The number of hydrogen-bond acceptors (Lipinski definition) is 5. The van der Waals surface area contributed by atoms with Gasteiger partial charge in [0.15, 0.2) is 0 Å². The molecule has 6 nitrogen and oxygen atoms in total. The number of rotatable bonds is 6. The van der Waals surface area contributed by atoms with Crippen LogP contribution in [0.1, 0.15) is 17.5 Å². The van der Waals surface area contributed by atoms with Crippen molar-refractivity contribution < 1.29 is 19.4 Å². The summed E-state index contributed by atoms with van der Waals surface area (Å²) in [4.78, 5) is 18.4. The Labute approximate surface area is 155 Å². The fourth-order valence-corrected chi connectivity index (χ4v) is 3.33. The number of hydrogen-bond donors (Lipinski definition) is 1. The maximum atomic E-state index is 12.3. The lowest BCUT2D eigenvalue weighted by Gasteiger charge is -2.15. The second-order valence-corrected chi connectivity index (χ2v) is 6.50. The van der Waals surface area contributed by atoms with Crippen LogP contribution in [0.25, 0.3) is 10.9 Å². The fourth-order valence-electron chi connectivity index (χ4n) is 2.86. The van der Waals surface area contributed by atoms with Gasteiger partial charge in [-0.25, -0.2) is 0 Å². The Kier molecular flexibility index (Phi) is 5.64. The summed E-state index contributed by atoms with van der Waals surface area (Å²) in [6.07, 6.45) is 2.24. The van der Waals surface area contributed by atoms with Gasteiger partial charge in [0.05, 0.1) is 17.6 Å². The number of benzene rings is 1. The molecule has 0 saturated heterocycles. The maximum Gasteiger partial charge on any atom is 0.249 e. The number of pyridine rings is 1. The Bertz CT molecular complexity index is 813. The first-order valence-electron chi connectivity index (χ1n) is 7.85. The van der Waals surface area contributed by atoms with E-state index in [1.165, 1.54) is 7.11 Å². The van der Waals surface area contributed by atoms with Crippen molar-refractivity contribution in [1.29, 1.82) is 0 Å². The highest BCUT2D eigenvalue weighted by Gasteiger charge is 2.27. The summed E-state index contributed by atoms with van der Waals surface area (Å²) in [5, 5.41) is 10.2. The smallest absolute Gasteiger partial charge is 0.249 e. The number of amides is 1. The third-order valence-electron chi connectivity index (χ3n) is 4.16. The summed E-state index contributed by atoms with van der Waals surface area (Å²) in [5.74, 6) is 0.376. The third-order valence-corrected chi connectivity index (χ3v) is 5.00. The van der Waals surface area contributed by atoms with E-state index in [9.17, 15) is 4.79 Å². The topological polar surface area (TPSA) is 71.9 Å². The van der Waals surface area contributed by atoms with Crippen LogP contribution in [-0.4, -0.2) is 47.8 Å². The van der Waals surface area contributed by atoms with Crippen molar-refractivity contribution >= 4 is 40.0 Å². The molecular formula is C17H18Cl2N2O4. The molecule has 0 fully saturated rings. The number of carbonyl (C=O) groups is 1. The van der Waals surface area contributed by atoms with Gasteiger partial charge in [-0.15, -0.1) is 0 Å². The molecule has 2 aromatic rings. The van der Waals surface area contributed by atoms with Crippen molar-refractivity contribution in [1.82, 2.24) is 9.88 Å². The van der Waals surface area contributed by atoms with E-state index in [0.29, 0.717) is 47.4 Å². The van der Waals surface area contributed by atoms with Crippen LogP contribution in [0.4, 0.5) is 0 Å². The summed E-state index contributed by atoms with van der Waals surface area (Å²) >= 11 is 12.5. The number of nitrogens with zero attached hydrogens (tertiary/aromatic N) is 2. The van der Waals surface area contributed by atoms with Crippen LogP contribution in [0.2, 0.25) is 10.0 Å². The van der Waals surface area contributed by atoms with E-state index in [-0.39, 0.29) is 19.1 Å². The number of aromatic nitrogens is 1. The zero-order valence-corrected chi connectivity index (χ0v) is 15.2. The van der Waals surface area contributed by atoms with Crippen molar-refractivity contribution in [3.8, 4) is 5.75 Å². The van der Waals surface area contributed by atoms with E-state index in [1.807, 2.05) is 0 Å². The van der Waals surface area contributed by atoms with Crippen LogP contribution >= 0.6 is 23.2 Å². The van der Waals surface area contributed by atoms with Crippen molar-refractivity contribution in [2.45, 2.75) is 19.5 Å². The molecule has 0 radical (unpaired) electrons. The summed E-state index contributed by atoms with van der Waals surface area (Å²) in [6.45, 7) is 1.33. The molecule has 1 aromatic heterocycles. The molecule has 1 N–H and O–H groups in total. The summed E-state index contributed by atoms with van der Waals surface area (Å²) in [6, 6.07) is 1.81. The monoisotopic (exact) mass is 384 g/mol. The molecule has 0 unspecified atom stereocenters. The van der Waals surface area contributed by atoms with Crippen molar-refractivity contribution in [2.75, 3.05) is 26.9 Å². The quantitative estimate of drug-likeness (QED) is 0.775. The van der Waals surface area contributed by atoms with Gasteiger partial charge in [-0.3, -0.25) is 9.78 Å². The summed E-state index contributed by atoms with van der Waals surface area (Å²) in [5.41, 5.74) is 2.56. The molecule has 3 rings (SSSR count). The van der Waals surface area contributed by atoms with Crippen LogP contribution in [0, 0.1) is 0 Å². The molecule has 0 aliphatic carbocycles. The molecule has 2 heterocycles. The van der Waals surface area contributed by atoms with E-state index in [2.05, 4.69) is 4.98 Å². The second kappa shape index (κ2) is 7.74. The average Bonchev–Trinajstić information content (AvgIpc) is 3.06. The van der Waals surface area contributed by atoms with Gasteiger partial charge in [0, 0.05) is 37.9 Å². The van der Waals surface area contributed by atoms with E-state index in [1.54, 1.807) is 17.2 Å². The van der Waals surface area contributed by atoms with Gasteiger partial charge in [0.1, 0.15) is 17.4 Å². The normalized spacial score (nSPS) is 13.4. The molecule has 1 aliphatic heterocycles. The van der Waals surface area contributed by atoms with Crippen molar-refractivity contribution in [3.63, 3.8) is 0 Å². The molecule has 8 heteroatoms. The lowest BCUT2D eigenvalue weighted by Crippen LogP contribution is -2.29. The van der Waals surface area contributed by atoms with Crippen LogP contribution in [0.3, 0.4) is 0 Å². The summed E-state index contributed by atoms with van der Waals surface area (Å²) < 4.78 is 10.6. The minimum atomic E-state index is -0.102. The highest BCUT2D eigenvalue weighted by molar-refractivity contribution is 6.46. The molecule has 0 saturated carbocycles. The number of halogens is 2. The van der Waals surface area contributed by atoms with Crippen molar-refractivity contribution in [3.05, 3.63) is 33.4 Å². The molecule has 1 aromatic carbocycles. The standard InChI is InChI=1S/C17H18Cl2N2O4/c1-24-13-5-11-12-8-21(14(23)9-25-4-2-3-22)7-10(12)6-20-17(11)16(19)15(13)18/h5-6,22H,2-4,7-9H2,1H3. The number of aliphatic hydroxyl groups excluding tert-OH is 1. The predicted molar refractivity (Wildman–Crippen MR) is 95.1 cm³/mol. The number of carbonyl (C=O) groups excluding carboxylic acids is 1. The van der Waals surface area contributed by atoms with Gasteiger partial charge >= 0.3 is 0 Å². The van der Waals surface area contributed by atoms with E-state index in [0.717, 1.165) is 16.5 Å². The Morgan fingerprint density at radius 1 is 1.36 bits per heavy atom. The lowest BCUT2D eigenvalue weighted by atomic mass is 10.1. The number of methoxy groups -OCH3 is 1. The maximum absolute atomic E-state index is 12.3. The first kappa shape index (κ1) is 18.2. The number of fused-ring (bicyclic) bond motifs is 3. The molecule has 25 heavy (non-hydrogen) atoms. The largest absolute Gasteiger partial charge is 0.495 e. The Balaban J connectivity index is 1.85. The zero-order chi connectivity index (χ0) is 18.0. The highest BCUT2D eigenvalue weighted by Crippen LogP contribution is 2.40. The van der Waals surface area contributed by atoms with E-state index >= 15 is 0 Å². The summed E-state index contributed by atoms with van der Waals surface area (Å²) in [7, 11) is 1.53. The van der Waals surface area contributed by atoms with E-state index < -0.39 is 0 Å². The zero-order valence-electron chi connectivity index (χ0n) is 13.7. The minimum absolute atomic E-state index is 0.00471. The SMILES string of the molecule is COc1cc2c3c(cnc2c(Cl)c1Cl)CN(C(=O)COCCCO)C3. The first-order chi connectivity index (χ1) is 12.1. The molecular weight excluding hydrogens is 367 g/mol. The Hall–Kier alpha value is -1.60. The number of aliphatic hydroxyl groups is 1. The van der Waals surface area contributed by atoms with Crippen LogP contribution < -0.4 is 4.74 Å². The van der Waals surface area contributed by atoms with Crippen molar-refractivity contribution in [2.24, 2.45) is 0 Å². The van der Waals surface area contributed by atoms with Crippen LogP contribution in [-0.2, 0) is 22.6 Å². The van der Waals surface area contributed by atoms with Gasteiger partial charge in [-0.1, -0.05) is 23.2 Å². The molecule has 0 bridgehead atoms. The molecule has 0 spiro atoms. The van der Waals surface area contributed by atoms with Gasteiger partial charge < -0.3 is 19.5 Å². The third kappa shape index (κ3) is 3.53. The number of ether oxygens (including phenoxy) is 2. The highest BCUT2D eigenvalue weighted by atomic mass is 35.5. The first-order valence-corrected chi connectivity index (χ1v) is 8.61. The molecule has 1 aliphatic rings. The lowest BCUT2D eigenvalue weighted by molar-refractivity contribution is -0.136. The predicted octanol–water partition coefficient (Wildman–Crippen LogP) is 2.79. The van der Waals surface area contributed by atoms with Gasteiger partial charge in [-0.2, -0.15) is 0 Å². The molecule has 0 atom stereocenters. The molecule has 134 valence electrons. The second-order valence-electron chi connectivity index (χ2n) is 5.74. The van der Waals surface area contributed by atoms with Gasteiger partial charge in [-0.05, 0) is 23.6 Å². The average molecular weight is 385 g/mol. The van der Waals surface area contributed by atoms with Crippen LogP contribution in [0.5, 0.6) is 5.75 Å². The fraction of sp³-hybridized carbons (Fsp3) is 0.412. The van der Waals surface area contributed by atoms with Gasteiger partial charge in [0.2, 0.25) is 5.91 Å².